The molecule has 0 aliphatic rings. The minimum Gasteiger partial charge on any atom is -0.350 e. The molecule has 0 saturated heterocycles. The van der Waals surface area contributed by atoms with E-state index in [1.165, 1.54) is 0 Å². The van der Waals surface area contributed by atoms with Gasteiger partial charge in [0.25, 0.3) is 0 Å². The molecule has 0 amide bonds. The van der Waals surface area contributed by atoms with E-state index in [4.69, 9.17) is 16.9 Å². The zero-order valence-corrected chi connectivity index (χ0v) is 14.4. The van der Waals surface area contributed by atoms with E-state index in [2.05, 4.69) is 26.7 Å². The molecule has 124 valence electrons. The van der Waals surface area contributed by atoms with E-state index in [1.807, 2.05) is 49.4 Å². The molecular weight excluding hydrogens is 334 g/mol. The lowest BCUT2D eigenvalue weighted by Gasteiger charge is -2.11. The lowest BCUT2D eigenvalue weighted by molar-refractivity contribution is 1.03. The van der Waals surface area contributed by atoms with Gasteiger partial charge in [-0.3, -0.25) is 0 Å². The van der Waals surface area contributed by atoms with Crippen LogP contribution in [-0.4, -0.2) is 9.97 Å². The quantitative estimate of drug-likeness (QED) is 0.700. The van der Waals surface area contributed by atoms with Crippen molar-refractivity contribution in [3.8, 4) is 6.07 Å². The second-order valence-electron chi connectivity index (χ2n) is 5.48. The molecule has 1 heterocycles. The molecule has 25 heavy (non-hydrogen) atoms. The molecular formula is C19H16ClN5. The minimum absolute atomic E-state index is 0.513. The van der Waals surface area contributed by atoms with Gasteiger partial charge < -0.3 is 10.6 Å². The molecule has 0 unspecified atom stereocenters. The lowest BCUT2D eigenvalue weighted by atomic mass is 10.2. The first-order valence-electron chi connectivity index (χ1n) is 7.74. The first kappa shape index (κ1) is 16.7. The van der Waals surface area contributed by atoms with Crippen LogP contribution in [0.5, 0.6) is 0 Å². The predicted octanol–water partition coefficient (Wildman–Crippen LogP) is 4.67. The highest BCUT2D eigenvalue weighted by atomic mass is 35.5. The second kappa shape index (κ2) is 7.65. The number of anilines is 3. The Kier molecular flexibility index (Phi) is 5.12. The van der Waals surface area contributed by atoms with E-state index in [0.717, 1.165) is 16.9 Å². The van der Waals surface area contributed by atoms with Crippen LogP contribution < -0.4 is 10.6 Å². The van der Waals surface area contributed by atoms with Crippen molar-refractivity contribution < 1.29 is 0 Å². The highest BCUT2D eigenvalue weighted by Gasteiger charge is 2.05. The first-order valence-corrected chi connectivity index (χ1v) is 8.12. The van der Waals surface area contributed by atoms with Crippen LogP contribution >= 0.6 is 11.6 Å². The highest BCUT2D eigenvalue weighted by Crippen LogP contribution is 2.19. The van der Waals surface area contributed by atoms with Crippen LogP contribution in [0.4, 0.5) is 17.5 Å². The number of halogens is 1. The third kappa shape index (κ3) is 4.46. The number of nitrogens with one attached hydrogen (secondary N) is 2. The summed E-state index contributed by atoms with van der Waals surface area (Å²) < 4.78 is 0. The molecule has 6 heteroatoms. The molecule has 0 aliphatic carbocycles. The minimum atomic E-state index is 0.513. The summed E-state index contributed by atoms with van der Waals surface area (Å²) in [4.78, 5) is 8.87. The molecule has 0 saturated carbocycles. The van der Waals surface area contributed by atoms with Crippen molar-refractivity contribution in [3.63, 3.8) is 0 Å². The number of hydrogen-bond acceptors (Lipinski definition) is 5. The maximum absolute atomic E-state index is 8.99. The number of aryl methyl sites for hydroxylation is 1. The Labute approximate surface area is 151 Å². The van der Waals surface area contributed by atoms with Gasteiger partial charge in [0.15, 0.2) is 0 Å². The average molecular weight is 350 g/mol. The molecule has 3 aromatic rings. The standard InChI is InChI=1S/C19H16ClN5/c1-13-9-18(24-16-7-4-5-14(10-16)11-21)25-19(23-13)22-12-15-6-2-3-8-17(15)20/h2-10H,12H2,1H3,(H2,22,23,24,25). The Hall–Kier alpha value is -3.10. The number of aromatic nitrogens is 2. The molecule has 1 aromatic heterocycles. The summed E-state index contributed by atoms with van der Waals surface area (Å²) in [5.41, 5.74) is 3.20. The Morgan fingerprint density at radius 1 is 1.08 bits per heavy atom. The van der Waals surface area contributed by atoms with E-state index in [0.29, 0.717) is 28.9 Å². The second-order valence-corrected chi connectivity index (χ2v) is 5.89. The molecule has 0 fully saturated rings. The van der Waals surface area contributed by atoms with Gasteiger partial charge in [-0.05, 0) is 36.8 Å². The molecule has 5 nitrogen and oxygen atoms in total. The third-order valence-electron chi connectivity index (χ3n) is 3.51. The van der Waals surface area contributed by atoms with E-state index in [-0.39, 0.29) is 0 Å². The summed E-state index contributed by atoms with van der Waals surface area (Å²) in [5, 5.41) is 16.1. The van der Waals surface area contributed by atoms with E-state index in [1.54, 1.807) is 12.1 Å². The van der Waals surface area contributed by atoms with Gasteiger partial charge in [-0.25, -0.2) is 4.98 Å². The number of hydrogen-bond donors (Lipinski definition) is 2. The average Bonchev–Trinajstić information content (AvgIpc) is 2.61. The number of nitriles is 1. The SMILES string of the molecule is Cc1cc(Nc2cccc(C#N)c2)nc(NCc2ccccc2Cl)n1. The summed E-state index contributed by atoms with van der Waals surface area (Å²) in [5.74, 6) is 1.17. The van der Waals surface area contributed by atoms with Crippen LogP contribution in [-0.2, 0) is 6.54 Å². The number of nitrogens with zero attached hydrogens (tertiary/aromatic N) is 3. The summed E-state index contributed by atoms with van der Waals surface area (Å²) in [7, 11) is 0. The van der Waals surface area contributed by atoms with E-state index < -0.39 is 0 Å². The van der Waals surface area contributed by atoms with Gasteiger partial charge in [-0.1, -0.05) is 35.9 Å². The van der Waals surface area contributed by atoms with Crippen LogP contribution in [0.15, 0.2) is 54.6 Å². The van der Waals surface area contributed by atoms with Gasteiger partial charge in [0.2, 0.25) is 5.95 Å². The Morgan fingerprint density at radius 2 is 1.92 bits per heavy atom. The van der Waals surface area contributed by atoms with Crippen molar-refractivity contribution >= 4 is 29.1 Å². The molecule has 2 aromatic carbocycles. The Balaban J connectivity index is 1.76. The predicted molar refractivity (Wildman–Crippen MR) is 100.0 cm³/mol. The van der Waals surface area contributed by atoms with Crippen molar-refractivity contribution in [3.05, 3.63) is 76.4 Å². The fourth-order valence-electron chi connectivity index (χ4n) is 2.34. The molecule has 0 atom stereocenters. The molecule has 2 N–H and O–H groups in total. The number of rotatable bonds is 5. The van der Waals surface area contributed by atoms with Gasteiger partial charge in [-0.2, -0.15) is 10.2 Å². The van der Waals surface area contributed by atoms with Crippen molar-refractivity contribution in [1.82, 2.24) is 9.97 Å². The molecule has 0 spiro atoms. The van der Waals surface area contributed by atoms with Crippen LogP contribution in [0.3, 0.4) is 0 Å². The van der Waals surface area contributed by atoms with Crippen molar-refractivity contribution in [2.75, 3.05) is 10.6 Å². The lowest BCUT2D eigenvalue weighted by Crippen LogP contribution is -2.06. The smallest absolute Gasteiger partial charge is 0.225 e. The first-order chi connectivity index (χ1) is 12.1. The van der Waals surface area contributed by atoms with Crippen molar-refractivity contribution in [2.24, 2.45) is 0 Å². The molecule has 3 rings (SSSR count). The maximum atomic E-state index is 8.99. The summed E-state index contributed by atoms with van der Waals surface area (Å²) in [6.45, 7) is 2.44. The normalized spacial score (nSPS) is 10.1. The summed E-state index contributed by atoms with van der Waals surface area (Å²) >= 11 is 6.17. The van der Waals surface area contributed by atoms with Crippen LogP contribution in [0.25, 0.3) is 0 Å². The summed E-state index contributed by atoms with van der Waals surface area (Å²) in [6, 6.07) is 18.8. The zero-order valence-electron chi connectivity index (χ0n) is 13.6. The van der Waals surface area contributed by atoms with E-state index >= 15 is 0 Å². The fraction of sp³-hybridized carbons (Fsp3) is 0.105. The van der Waals surface area contributed by atoms with Crippen molar-refractivity contribution in [1.29, 1.82) is 5.26 Å². The van der Waals surface area contributed by atoms with Gasteiger partial charge in [0.1, 0.15) is 5.82 Å². The van der Waals surface area contributed by atoms with Gasteiger partial charge in [0.05, 0.1) is 11.6 Å². The van der Waals surface area contributed by atoms with Crippen LogP contribution in [0, 0.1) is 18.3 Å². The summed E-state index contributed by atoms with van der Waals surface area (Å²) in [6.07, 6.45) is 0. The van der Waals surface area contributed by atoms with Crippen LogP contribution in [0.1, 0.15) is 16.8 Å². The Bertz CT molecular complexity index is 933. The highest BCUT2D eigenvalue weighted by molar-refractivity contribution is 6.31. The fourth-order valence-corrected chi connectivity index (χ4v) is 2.54. The largest absolute Gasteiger partial charge is 0.350 e. The molecule has 0 radical (unpaired) electrons. The molecule has 0 bridgehead atoms. The van der Waals surface area contributed by atoms with E-state index in [9.17, 15) is 0 Å². The van der Waals surface area contributed by atoms with Crippen LogP contribution in [0.2, 0.25) is 5.02 Å². The topological polar surface area (TPSA) is 73.6 Å². The van der Waals surface area contributed by atoms with Gasteiger partial charge >= 0.3 is 0 Å². The Morgan fingerprint density at radius 3 is 2.72 bits per heavy atom. The van der Waals surface area contributed by atoms with Crippen molar-refractivity contribution in [2.45, 2.75) is 13.5 Å². The number of benzene rings is 2. The molecule has 0 aliphatic heterocycles. The maximum Gasteiger partial charge on any atom is 0.225 e. The zero-order chi connectivity index (χ0) is 17.6. The van der Waals surface area contributed by atoms with Gasteiger partial charge in [-0.15, -0.1) is 0 Å². The monoisotopic (exact) mass is 349 g/mol. The van der Waals surface area contributed by atoms with Gasteiger partial charge in [0, 0.05) is 29.0 Å². The third-order valence-corrected chi connectivity index (χ3v) is 3.88.